The number of hydrogen-bond acceptors (Lipinski definition) is 4. The summed E-state index contributed by atoms with van der Waals surface area (Å²) >= 11 is 0. The third kappa shape index (κ3) is 4.59. The zero-order chi connectivity index (χ0) is 22.8. The highest BCUT2D eigenvalue weighted by molar-refractivity contribution is 5.80. The highest BCUT2D eigenvalue weighted by Gasteiger charge is 2.20. The summed E-state index contributed by atoms with van der Waals surface area (Å²) in [5, 5.41) is 6.26. The van der Waals surface area contributed by atoms with E-state index in [1.165, 1.54) is 24.3 Å². The van der Waals surface area contributed by atoms with Crippen molar-refractivity contribution in [2.45, 2.75) is 19.7 Å². The number of aromatic nitrogens is 2. The van der Waals surface area contributed by atoms with Gasteiger partial charge >= 0.3 is 0 Å². The number of fused-ring (bicyclic) bond motifs is 1. The number of imidazole rings is 1. The van der Waals surface area contributed by atoms with Gasteiger partial charge in [0.1, 0.15) is 24.0 Å². The Balaban J connectivity index is 1.21. The number of H-pyrrole nitrogens is 1. The third-order valence-electron chi connectivity index (χ3n) is 5.31. The van der Waals surface area contributed by atoms with Gasteiger partial charge in [0.25, 0.3) is 0 Å². The van der Waals surface area contributed by atoms with Crippen LogP contribution in [0.15, 0.2) is 71.8 Å². The molecular weight excluding hydrogens is 429 g/mol. The van der Waals surface area contributed by atoms with Crippen LogP contribution in [0.3, 0.4) is 0 Å². The summed E-state index contributed by atoms with van der Waals surface area (Å²) in [5.41, 5.74) is 3.38. The van der Waals surface area contributed by atoms with Crippen LogP contribution in [-0.4, -0.2) is 21.2 Å². The first-order valence-corrected chi connectivity index (χ1v) is 10.3. The monoisotopic (exact) mass is 448 g/mol. The minimum absolute atomic E-state index is 0.0839. The normalized spacial score (nSPS) is 12.6. The molecule has 0 saturated carbocycles. The van der Waals surface area contributed by atoms with Gasteiger partial charge in [-0.15, -0.1) is 0 Å². The molecule has 5 nitrogen and oxygen atoms in total. The van der Waals surface area contributed by atoms with E-state index in [4.69, 9.17) is 4.74 Å². The Morgan fingerprint density at radius 2 is 1.67 bits per heavy atom. The number of nitrogens with one attached hydrogen (secondary N) is 1. The van der Waals surface area contributed by atoms with Gasteiger partial charge in [-0.3, -0.25) is 5.01 Å². The smallest absolute Gasteiger partial charge is 0.169 e. The molecule has 1 aliphatic heterocycles. The lowest BCUT2D eigenvalue weighted by molar-refractivity contribution is 0.264. The first-order chi connectivity index (χ1) is 16.0. The Morgan fingerprint density at radius 3 is 2.45 bits per heavy atom. The summed E-state index contributed by atoms with van der Waals surface area (Å²) in [6, 6.07) is 17.8. The first-order valence-electron chi connectivity index (χ1n) is 10.3. The van der Waals surface area contributed by atoms with Gasteiger partial charge in [0, 0.05) is 0 Å². The second-order valence-corrected chi connectivity index (χ2v) is 7.67. The summed E-state index contributed by atoms with van der Waals surface area (Å²) in [7, 11) is 0. The number of hydrazone groups is 1. The number of halogens is 3. The van der Waals surface area contributed by atoms with Crippen LogP contribution in [0.25, 0.3) is 11.4 Å². The number of aromatic amines is 1. The molecule has 0 radical (unpaired) electrons. The van der Waals surface area contributed by atoms with Crippen molar-refractivity contribution in [2.24, 2.45) is 5.10 Å². The second kappa shape index (κ2) is 8.82. The minimum Gasteiger partial charge on any atom is -0.489 e. The van der Waals surface area contributed by atoms with Crippen molar-refractivity contribution in [3.05, 3.63) is 107 Å². The molecule has 33 heavy (non-hydrogen) atoms. The molecule has 0 saturated heterocycles. The van der Waals surface area contributed by atoms with E-state index >= 15 is 0 Å². The highest BCUT2D eigenvalue weighted by atomic mass is 19.2. The van der Waals surface area contributed by atoms with E-state index in [0.29, 0.717) is 36.8 Å². The van der Waals surface area contributed by atoms with Crippen molar-refractivity contribution in [3.8, 4) is 17.1 Å². The molecule has 8 heteroatoms. The van der Waals surface area contributed by atoms with Gasteiger partial charge in [-0.1, -0.05) is 30.3 Å². The van der Waals surface area contributed by atoms with Crippen molar-refractivity contribution < 1.29 is 17.9 Å². The average molecular weight is 448 g/mol. The molecule has 0 fully saturated rings. The van der Waals surface area contributed by atoms with Crippen molar-refractivity contribution in [3.63, 3.8) is 0 Å². The Morgan fingerprint density at radius 1 is 0.909 bits per heavy atom. The maximum absolute atomic E-state index is 14.1. The van der Waals surface area contributed by atoms with Crippen LogP contribution in [0.1, 0.15) is 22.5 Å². The van der Waals surface area contributed by atoms with E-state index in [-0.39, 0.29) is 17.2 Å². The Kier molecular flexibility index (Phi) is 5.56. The molecule has 2 heterocycles. The van der Waals surface area contributed by atoms with Crippen LogP contribution in [0.2, 0.25) is 0 Å². The summed E-state index contributed by atoms with van der Waals surface area (Å²) in [6.07, 6.45) is 1.63. The molecule has 166 valence electrons. The molecule has 1 aromatic heterocycles. The molecule has 0 bridgehead atoms. The number of hydrogen-bond donors (Lipinski definition) is 1. The number of rotatable bonds is 6. The fourth-order valence-electron chi connectivity index (χ4n) is 3.56. The quantitative estimate of drug-likeness (QED) is 0.428. The van der Waals surface area contributed by atoms with Gasteiger partial charge in [-0.2, -0.15) is 5.10 Å². The Hall–Kier alpha value is -4.07. The maximum Gasteiger partial charge on any atom is 0.169 e. The molecule has 1 aliphatic rings. The van der Waals surface area contributed by atoms with Crippen LogP contribution < -0.4 is 4.74 Å². The van der Waals surface area contributed by atoms with Crippen LogP contribution in [0, 0.1) is 17.5 Å². The molecule has 0 atom stereocenters. The summed E-state index contributed by atoms with van der Waals surface area (Å²) < 4.78 is 46.4. The van der Waals surface area contributed by atoms with Crippen molar-refractivity contribution in [1.29, 1.82) is 0 Å². The summed E-state index contributed by atoms with van der Waals surface area (Å²) in [6.45, 7) is 1.33. The van der Waals surface area contributed by atoms with Gasteiger partial charge in [0.2, 0.25) is 0 Å². The van der Waals surface area contributed by atoms with Gasteiger partial charge in [-0.05, 0) is 47.5 Å². The maximum atomic E-state index is 14.1. The molecule has 0 aliphatic carbocycles. The van der Waals surface area contributed by atoms with Gasteiger partial charge < -0.3 is 9.72 Å². The molecule has 4 aromatic rings. The van der Waals surface area contributed by atoms with E-state index in [0.717, 1.165) is 17.2 Å². The lowest BCUT2D eigenvalue weighted by Crippen LogP contribution is -2.21. The molecular formula is C25H19F3N4O. The lowest BCUT2D eigenvalue weighted by Gasteiger charge is -2.21. The SMILES string of the molecule is Fc1ccc(COc2ccc(CN3Cc4nc(-c5cccc(F)c5F)[nH]c4C=N3)cc2)cc1. The van der Waals surface area contributed by atoms with E-state index < -0.39 is 11.6 Å². The average Bonchev–Trinajstić information content (AvgIpc) is 3.24. The molecule has 1 N–H and O–H groups in total. The standard InChI is InChI=1S/C25H19F3N4O/c26-18-8-4-17(5-9-18)15-33-19-10-6-16(7-11-19)13-32-14-23-22(12-29-32)30-25(31-23)20-2-1-3-21(27)24(20)28/h1-12H,13-15H2,(H,30,31). The minimum atomic E-state index is -0.931. The number of nitrogens with zero attached hydrogens (tertiary/aromatic N) is 3. The van der Waals surface area contributed by atoms with Crippen LogP contribution in [0.4, 0.5) is 13.2 Å². The lowest BCUT2D eigenvalue weighted by atomic mass is 10.2. The predicted molar refractivity (Wildman–Crippen MR) is 118 cm³/mol. The molecule has 0 unspecified atom stereocenters. The van der Waals surface area contributed by atoms with Gasteiger partial charge in [-0.25, -0.2) is 18.2 Å². The van der Waals surface area contributed by atoms with Gasteiger partial charge in [0.05, 0.1) is 36.3 Å². The second-order valence-electron chi connectivity index (χ2n) is 7.67. The molecule has 0 amide bonds. The van der Waals surface area contributed by atoms with Gasteiger partial charge in [0.15, 0.2) is 11.6 Å². The van der Waals surface area contributed by atoms with E-state index in [2.05, 4.69) is 15.1 Å². The molecule has 5 rings (SSSR count). The first kappa shape index (κ1) is 20.8. The highest BCUT2D eigenvalue weighted by Crippen LogP contribution is 2.25. The molecule has 0 spiro atoms. The zero-order valence-corrected chi connectivity index (χ0v) is 17.4. The van der Waals surface area contributed by atoms with E-state index in [1.807, 2.05) is 29.3 Å². The fraction of sp³-hybridized carbons (Fsp3) is 0.120. The number of ether oxygens (including phenoxy) is 1. The third-order valence-corrected chi connectivity index (χ3v) is 5.31. The Labute approximate surface area is 188 Å². The van der Waals surface area contributed by atoms with Crippen LogP contribution >= 0.6 is 0 Å². The fourth-order valence-corrected chi connectivity index (χ4v) is 3.56. The van der Waals surface area contributed by atoms with E-state index in [1.54, 1.807) is 18.3 Å². The number of benzene rings is 3. The van der Waals surface area contributed by atoms with Crippen LogP contribution in [-0.2, 0) is 19.7 Å². The Bertz CT molecular complexity index is 1300. The topological polar surface area (TPSA) is 53.5 Å². The van der Waals surface area contributed by atoms with Crippen molar-refractivity contribution >= 4 is 6.21 Å². The van der Waals surface area contributed by atoms with E-state index in [9.17, 15) is 13.2 Å². The summed E-state index contributed by atoms with van der Waals surface area (Å²) in [5.74, 6) is -1.14. The molecule has 3 aromatic carbocycles. The summed E-state index contributed by atoms with van der Waals surface area (Å²) in [4.78, 5) is 7.46. The largest absolute Gasteiger partial charge is 0.489 e. The van der Waals surface area contributed by atoms with Crippen LogP contribution in [0.5, 0.6) is 5.75 Å². The van der Waals surface area contributed by atoms with Crippen molar-refractivity contribution in [2.75, 3.05) is 0 Å². The predicted octanol–water partition coefficient (Wildman–Crippen LogP) is 5.42. The zero-order valence-electron chi connectivity index (χ0n) is 17.4. The van der Waals surface area contributed by atoms with Crippen molar-refractivity contribution in [1.82, 2.24) is 15.0 Å².